The highest BCUT2D eigenvalue weighted by molar-refractivity contribution is 6.39. The first-order valence-corrected chi connectivity index (χ1v) is 12.5. The quantitative estimate of drug-likeness (QED) is 0.302. The molecule has 3 aromatic rings. The van der Waals surface area contributed by atoms with Gasteiger partial charge in [0.05, 0.1) is 12.3 Å². The number of benzene rings is 3. The topological polar surface area (TPSA) is 114 Å². The van der Waals surface area contributed by atoms with Crippen molar-refractivity contribution in [1.29, 1.82) is 0 Å². The number of rotatable bonds is 8. The standard InChI is InChI=1S/C29H26ClN3O6/c1-4-38-25-14-19(11-12-24(25)39-16-26(34)31-23-10-5-7-17(2)18(23)3)13-22-27(35)32-29(37)33(28(22)36)21-9-6-8-20(30)15-21/h5-15H,4,16H2,1-3H3,(H,31,34)(H,32,35,37)/b22-13+. The Hall–Kier alpha value is -4.63. The lowest BCUT2D eigenvalue weighted by atomic mass is 10.1. The zero-order valence-corrected chi connectivity index (χ0v) is 22.3. The van der Waals surface area contributed by atoms with Crippen molar-refractivity contribution in [2.45, 2.75) is 20.8 Å². The molecular formula is C29H26ClN3O6. The molecule has 0 bridgehead atoms. The van der Waals surface area contributed by atoms with Crippen LogP contribution in [0.3, 0.4) is 0 Å². The van der Waals surface area contributed by atoms with Crippen molar-refractivity contribution in [3.05, 3.63) is 87.9 Å². The van der Waals surface area contributed by atoms with Crippen LogP contribution in [-0.2, 0) is 14.4 Å². The van der Waals surface area contributed by atoms with E-state index < -0.39 is 17.8 Å². The molecule has 1 aliphatic rings. The Morgan fingerprint density at radius 2 is 1.77 bits per heavy atom. The summed E-state index contributed by atoms with van der Waals surface area (Å²) in [5.74, 6) is -1.34. The Balaban J connectivity index is 1.54. The van der Waals surface area contributed by atoms with Crippen LogP contribution in [0.2, 0.25) is 5.02 Å². The van der Waals surface area contributed by atoms with Crippen LogP contribution in [0.1, 0.15) is 23.6 Å². The smallest absolute Gasteiger partial charge is 0.335 e. The number of nitrogens with zero attached hydrogens (tertiary/aromatic N) is 1. The average molecular weight is 548 g/mol. The van der Waals surface area contributed by atoms with Gasteiger partial charge < -0.3 is 14.8 Å². The zero-order chi connectivity index (χ0) is 28.1. The monoisotopic (exact) mass is 547 g/mol. The van der Waals surface area contributed by atoms with Crippen LogP contribution >= 0.6 is 11.6 Å². The van der Waals surface area contributed by atoms with Crippen molar-refractivity contribution in [2.75, 3.05) is 23.4 Å². The summed E-state index contributed by atoms with van der Waals surface area (Å²) in [6.07, 6.45) is 1.35. The molecule has 1 saturated heterocycles. The maximum Gasteiger partial charge on any atom is 0.335 e. The maximum absolute atomic E-state index is 13.1. The molecule has 0 unspecified atom stereocenters. The van der Waals surface area contributed by atoms with E-state index in [4.69, 9.17) is 21.1 Å². The minimum Gasteiger partial charge on any atom is -0.490 e. The van der Waals surface area contributed by atoms with Gasteiger partial charge in [0, 0.05) is 10.7 Å². The summed E-state index contributed by atoms with van der Waals surface area (Å²) in [6.45, 7) is 5.72. The number of hydrogen-bond acceptors (Lipinski definition) is 6. The van der Waals surface area contributed by atoms with Gasteiger partial charge in [0.15, 0.2) is 18.1 Å². The molecule has 0 spiro atoms. The Kier molecular flexibility index (Phi) is 8.31. The Labute approximate surface area is 230 Å². The van der Waals surface area contributed by atoms with Gasteiger partial charge in [-0.3, -0.25) is 19.7 Å². The largest absolute Gasteiger partial charge is 0.490 e. The number of barbiturate groups is 1. The van der Waals surface area contributed by atoms with Crippen molar-refractivity contribution in [3.63, 3.8) is 0 Å². The fourth-order valence-corrected chi connectivity index (χ4v) is 4.08. The Morgan fingerprint density at radius 1 is 1.00 bits per heavy atom. The molecule has 200 valence electrons. The molecule has 0 aromatic heterocycles. The summed E-state index contributed by atoms with van der Waals surface area (Å²) in [6, 6.07) is 15.7. The van der Waals surface area contributed by atoms with Crippen molar-refractivity contribution in [1.82, 2.24) is 5.32 Å². The number of urea groups is 1. The van der Waals surface area contributed by atoms with Gasteiger partial charge in [-0.05, 0) is 79.9 Å². The van der Waals surface area contributed by atoms with Crippen LogP contribution in [0, 0.1) is 13.8 Å². The molecule has 0 radical (unpaired) electrons. The van der Waals surface area contributed by atoms with E-state index in [1.807, 2.05) is 32.0 Å². The third kappa shape index (κ3) is 6.27. The van der Waals surface area contributed by atoms with E-state index in [9.17, 15) is 19.2 Å². The summed E-state index contributed by atoms with van der Waals surface area (Å²) in [7, 11) is 0. The van der Waals surface area contributed by atoms with E-state index >= 15 is 0 Å². The van der Waals surface area contributed by atoms with Gasteiger partial charge in [-0.15, -0.1) is 0 Å². The molecule has 0 saturated carbocycles. The van der Waals surface area contributed by atoms with Crippen molar-refractivity contribution in [2.24, 2.45) is 0 Å². The molecular weight excluding hydrogens is 522 g/mol. The van der Waals surface area contributed by atoms with Gasteiger partial charge in [-0.25, -0.2) is 9.69 Å². The zero-order valence-electron chi connectivity index (χ0n) is 21.5. The van der Waals surface area contributed by atoms with E-state index in [0.29, 0.717) is 34.4 Å². The molecule has 3 aromatic carbocycles. The van der Waals surface area contributed by atoms with Crippen molar-refractivity contribution >= 4 is 52.8 Å². The molecule has 0 atom stereocenters. The second-order valence-electron chi connectivity index (χ2n) is 8.66. The number of nitrogens with one attached hydrogen (secondary N) is 2. The van der Waals surface area contributed by atoms with E-state index in [2.05, 4.69) is 10.6 Å². The molecule has 1 fully saturated rings. The summed E-state index contributed by atoms with van der Waals surface area (Å²) < 4.78 is 11.4. The number of carbonyl (C=O) groups is 4. The maximum atomic E-state index is 13.1. The van der Waals surface area contributed by atoms with Crippen LogP contribution in [-0.4, -0.2) is 37.0 Å². The lowest BCUT2D eigenvalue weighted by molar-refractivity contribution is -0.122. The number of hydrogen-bond donors (Lipinski definition) is 2. The fraction of sp³-hybridized carbons (Fsp3) is 0.172. The third-order valence-corrected chi connectivity index (χ3v) is 6.22. The molecule has 9 nitrogen and oxygen atoms in total. The SMILES string of the molecule is CCOc1cc(/C=C2\C(=O)NC(=O)N(c3cccc(Cl)c3)C2=O)ccc1OCC(=O)Nc1cccc(C)c1C. The van der Waals surface area contributed by atoms with Gasteiger partial charge in [-0.1, -0.05) is 35.9 Å². The normalized spacial score (nSPS) is 14.3. The van der Waals surface area contributed by atoms with Crippen molar-refractivity contribution < 1.29 is 28.7 Å². The van der Waals surface area contributed by atoms with Crippen LogP contribution in [0.4, 0.5) is 16.2 Å². The van der Waals surface area contributed by atoms with E-state index in [1.165, 1.54) is 18.2 Å². The van der Waals surface area contributed by atoms with Crippen LogP contribution in [0.15, 0.2) is 66.2 Å². The van der Waals surface area contributed by atoms with E-state index in [1.54, 1.807) is 37.3 Å². The molecule has 2 N–H and O–H groups in total. The predicted octanol–water partition coefficient (Wildman–Crippen LogP) is 5.04. The third-order valence-electron chi connectivity index (χ3n) is 5.98. The molecule has 4 rings (SSSR count). The number of carbonyl (C=O) groups excluding carboxylic acids is 4. The molecule has 1 aliphatic heterocycles. The van der Waals surface area contributed by atoms with Crippen molar-refractivity contribution in [3.8, 4) is 11.5 Å². The van der Waals surface area contributed by atoms with Gasteiger partial charge >= 0.3 is 6.03 Å². The highest BCUT2D eigenvalue weighted by Crippen LogP contribution is 2.31. The fourth-order valence-electron chi connectivity index (χ4n) is 3.89. The highest BCUT2D eigenvalue weighted by Gasteiger charge is 2.36. The second-order valence-corrected chi connectivity index (χ2v) is 9.10. The molecule has 0 aliphatic carbocycles. The number of aryl methyl sites for hydroxylation is 1. The number of ether oxygens (including phenoxy) is 2. The van der Waals surface area contributed by atoms with Gasteiger partial charge in [0.2, 0.25) is 0 Å². The first kappa shape index (κ1) is 27.4. The summed E-state index contributed by atoms with van der Waals surface area (Å²) >= 11 is 6.01. The number of imide groups is 2. The molecule has 10 heteroatoms. The van der Waals surface area contributed by atoms with Gasteiger partial charge in [-0.2, -0.15) is 0 Å². The van der Waals surface area contributed by atoms with Crippen LogP contribution in [0.5, 0.6) is 11.5 Å². The predicted molar refractivity (Wildman–Crippen MR) is 148 cm³/mol. The lowest BCUT2D eigenvalue weighted by Crippen LogP contribution is -2.54. The minimum atomic E-state index is -0.873. The average Bonchev–Trinajstić information content (AvgIpc) is 2.89. The van der Waals surface area contributed by atoms with E-state index in [0.717, 1.165) is 16.0 Å². The first-order valence-electron chi connectivity index (χ1n) is 12.1. The Bertz CT molecular complexity index is 1500. The van der Waals surface area contributed by atoms with Crippen LogP contribution < -0.4 is 25.0 Å². The molecule has 5 amide bonds. The van der Waals surface area contributed by atoms with Crippen LogP contribution in [0.25, 0.3) is 6.08 Å². The number of amides is 5. The lowest BCUT2D eigenvalue weighted by Gasteiger charge is -2.26. The highest BCUT2D eigenvalue weighted by atomic mass is 35.5. The van der Waals surface area contributed by atoms with E-state index in [-0.39, 0.29) is 23.8 Å². The first-order chi connectivity index (χ1) is 18.7. The van der Waals surface area contributed by atoms with Gasteiger partial charge in [0.25, 0.3) is 17.7 Å². The van der Waals surface area contributed by atoms with Gasteiger partial charge in [0.1, 0.15) is 5.57 Å². The molecule has 1 heterocycles. The second kappa shape index (κ2) is 11.8. The summed E-state index contributed by atoms with van der Waals surface area (Å²) in [5.41, 5.74) is 3.15. The Morgan fingerprint density at radius 3 is 2.51 bits per heavy atom. The summed E-state index contributed by atoms with van der Waals surface area (Å²) in [5, 5.41) is 5.34. The molecule has 39 heavy (non-hydrogen) atoms. The summed E-state index contributed by atoms with van der Waals surface area (Å²) in [4.78, 5) is 51.5. The number of anilines is 2. The number of halogens is 1. The minimum absolute atomic E-state index is 0.223.